The zero-order valence-electron chi connectivity index (χ0n) is 18.9. The minimum Gasteiger partial charge on any atom is -0.377 e. The van der Waals surface area contributed by atoms with Crippen molar-refractivity contribution in [3.05, 3.63) is 40.3 Å². The lowest BCUT2D eigenvalue weighted by atomic mass is 9.86. The maximum Gasteiger partial charge on any atom is 0.227 e. The lowest BCUT2D eigenvalue weighted by Crippen LogP contribution is -2.61. The van der Waals surface area contributed by atoms with Gasteiger partial charge in [0.25, 0.3) is 0 Å². The fourth-order valence-corrected chi connectivity index (χ4v) is 5.73. The Morgan fingerprint density at radius 1 is 1.06 bits per heavy atom. The third kappa shape index (κ3) is 3.79. The third-order valence-corrected chi connectivity index (χ3v) is 8.36. The zero-order chi connectivity index (χ0) is 22.8. The second-order valence-corrected chi connectivity index (χ2v) is 11.0. The number of halogens is 2. The Morgan fingerprint density at radius 3 is 2.48 bits per heavy atom. The molecule has 0 spiro atoms. The van der Waals surface area contributed by atoms with E-state index >= 15 is 0 Å². The highest BCUT2D eigenvalue weighted by Crippen LogP contribution is 2.45. The average molecular weight is 487 g/mol. The van der Waals surface area contributed by atoms with Gasteiger partial charge in [0.15, 0.2) is 5.15 Å². The van der Waals surface area contributed by atoms with Crippen LogP contribution in [0.3, 0.4) is 0 Å². The second-order valence-electron chi connectivity index (χ2n) is 10.3. The van der Waals surface area contributed by atoms with Crippen molar-refractivity contribution in [2.75, 3.05) is 31.6 Å². The van der Waals surface area contributed by atoms with Crippen molar-refractivity contribution in [1.82, 2.24) is 24.6 Å². The molecule has 2 aromatic heterocycles. The summed E-state index contributed by atoms with van der Waals surface area (Å²) in [5.74, 6) is 0.937. The van der Waals surface area contributed by atoms with Crippen LogP contribution in [0.25, 0.3) is 10.9 Å². The van der Waals surface area contributed by atoms with Crippen LogP contribution in [-0.2, 0) is 10.3 Å². The summed E-state index contributed by atoms with van der Waals surface area (Å²) in [7, 11) is 0. The van der Waals surface area contributed by atoms with Gasteiger partial charge in [-0.15, -0.1) is 0 Å². The molecule has 6 rings (SSSR count). The first-order valence-corrected chi connectivity index (χ1v) is 12.4. The highest BCUT2D eigenvalue weighted by Gasteiger charge is 2.42. The van der Waals surface area contributed by atoms with Crippen LogP contribution in [0.2, 0.25) is 10.2 Å². The molecular formula is C24H28Cl2N6O. The number of nitrogens with zero attached hydrogens (tertiary/aromatic N) is 5. The van der Waals surface area contributed by atoms with Crippen molar-refractivity contribution in [3.63, 3.8) is 0 Å². The average Bonchev–Trinajstić information content (AvgIpc) is 3.43. The van der Waals surface area contributed by atoms with E-state index in [2.05, 4.69) is 40.2 Å². The number of anilines is 2. The number of ether oxygens (including phenoxy) is 1. The normalized spacial score (nSPS) is 22.3. The molecule has 4 heterocycles. The minimum atomic E-state index is 0.0333. The zero-order valence-corrected chi connectivity index (χ0v) is 20.5. The molecule has 3 aliphatic rings. The molecule has 1 saturated carbocycles. The van der Waals surface area contributed by atoms with E-state index in [0.29, 0.717) is 17.0 Å². The standard InChI is InChI=1S/C24H28Cl2N6O/c1-23(5-6-23)32-21(26)20(12-28-32)30-22-27-11-16-9-18(25)17(10-19(16)29-22)15-3-7-31(8-4-15)24(2)13-33-14-24/h9-12,15H,3-8,13-14H2,1-2H3,(H,27,29,30). The van der Waals surface area contributed by atoms with Gasteiger partial charge >= 0.3 is 0 Å². The molecular weight excluding hydrogens is 459 g/mol. The quantitative estimate of drug-likeness (QED) is 0.523. The lowest BCUT2D eigenvalue weighted by Gasteiger charge is -2.50. The molecule has 3 aromatic rings. The highest BCUT2D eigenvalue weighted by atomic mass is 35.5. The van der Waals surface area contributed by atoms with E-state index in [4.69, 9.17) is 32.9 Å². The van der Waals surface area contributed by atoms with Crippen LogP contribution in [0.15, 0.2) is 24.5 Å². The minimum absolute atomic E-state index is 0.0333. The Labute approximate surface area is 203 Å². The van der Waals surface area contributed by atoms with Crippen molar-refractivity contribution in [1.29, 1.82) is 0 Å². The molecule has 174 valence electrons. The van der Waals surface area contributed by atoms with Gasteiger partial charge in [0.05, 0.1) is 41.7 Å². The van der Waals surface area contributed by atoms with E-state index in [-0.39, 0.29) is 11.1 Å². The van der Waals surface area contributed by atoms with Gasteiger partial charge in [-0.2, -0.15) is 5.10 Å². The van der Waals surface area contributed by atoms with Gasteiger partial charge < -0.3 is 10.1 Å². The van der Waals surface area contributed by atoms with Crippen LogP contribution in [0, 0.1) is 0 Å². The van der Waals surface area contributed by atoms with Gasteiger partial charge in [-0.3, -0.25) is 4.90 Å². The van der Waals surface area contributed by atoms with Gasteiger partial charge in [0.2, 0.25) is 5.95 Å². The summed E-state index contributed by atoms with van der Waals surface area (Å²) in [5, 5.41) is 10.0. The number of likely N-dealkylation sites (tertiary alicyclic amines) is 1. The van der Waals surface area contributed by atoms with Crippen molar-refractivity contribution >= 4 is 45.7 Å². The number of hydrogen-bond donors (Lipinski definition) is 1. The summed E-state index contributed by atoms with van der Waals surface area (Å²) < 4.78 is 7.34. The molecule has 7 nitrogen and oxygen atoms in total. The van der Waals surface area contributed by atoms with Crippen molar-refractivity contribution in [2.24, 2.45) is 0 Å². The SMILES string of the molecule is CC1(N2CCC(c3cc4nc(Nc5cnn(C6(C)CC6)c5Cl)ncc4cc3Cl)CC2)COC1. The van der Waals surface area contributed by atoms with Crippen LogP contribution in [0.1, 0.15) is 51.0 Å². The van der Waals surface area contributed by atoms with Gasteiger partial charge in [-0.25, -0.2) is 14.6 Å². The van der Waals surface area contributed by atoms with Crippen LogP contribution < -0.4 is 5.32 Å². The summed E-state index contributed by atoms with van der Waals surface area (Å²) in [6, 6.07) is 4.12. The molecule has 0 bridgehead atoms. The van der Waals surface area contributed by atoms with Crippen LogP contribution in [-0.4, -0.2) is 56.5 Å². The van der Waals surface area contributed by atoms with E-state index in [1.807, 2.05) is 10.7 Å². The van der Waals surface area contributed by atoms with Crippen LogP contribution in [0.5, 0.6) is 0 Å². The first-order valence-electron chi connectivity index (χ1n) is 11.6. The maximum absolute atomic E-state index is 6.71. The van der Waals surface area contributed by atoms with E-state index < -0.39 is 0 Å². The van der Waals surface area contributed by atoms with E-state index in [1.165, 1.54) is 5.56 Å². The number of aromatic nitrogens is 4. The molecule has 0 atom stereocenters. The molecule has 1 aromatic carbocycles. The smallest absolute Gasteiger partial charge is 0.227 e. The van der Waals surface area contributed by atoms with E-state index in [9.17, 15) is 0 Å². The highest BCUT2D eigenvalue weighted by molar-refractivity contribution is 6.32. The van der Waals surface area contributed by atoms with Gasteiger partial charge in [0, 0.05) is 16.6 Å². The molecule has 1 N–H and O–H groups in total. The van der Waals surface area contributed by atoms with Crippen LogP contribution in [0.4, 0.5) is 11.6 Å². The first-order chi connectivity index (χ1) is 15.8. The Morgan fingerprint density at radius 2 is 1.82 bits per heavy atom. The topological polar surface area (TPSA) is 68.1 Å². The summed E-state index contributed by atoms with van der Waals surface area (Å²) in [5.41, 5.74) is 3.02. The summed E-state index contributed by atoms with van der Waals surface area (Å²) in [4.78, 5) is 11.8. The number of nitrogens with one attached hydrogen (secondary N) is 1. The summed E-state index contributed by atoms with van der Waals surface area (Å²) in [6.07, 6.45) is 7.91. The number of fused-ring (bicyclic) bond motifs is 1. The third-order valence-electron chi connectivity index (χ3n) is 7.66. The number of piperidine rings is 1. The summed E-state index contributed by atoms with van der Waals surface area (Å²) >= 11 is 13.3. The van der Waals surface area contributed by atoms with Crippen molar-refractivity contribution in [3.8, 4) is 0 Å². The molecule has 9 heteroatoms. The summed E-state index contributed by atoms with van der Waals surface area (Å²) in [6.45, 7) is 8.27. The molecule has 2 saturated heterocycles. The maximum atomic E-state index is 6.71. The Bertz CT molecular complexity index is 1210. The first kappa shape index (κ1) is 21.6. The van der Waals surface area contributed by atoms with Crippen molar-refractivity contribution < 1.29 is 4.74 Å². The molecule has 0 radical (unpaired) electrons. The molecule has 33 heavy (non-hydrogen) atoms. The van der Waals surface area contributed by atoms with Crippen molar-refractivity contribution in [2.45, 2.75) is 56.5 Å². The molecule has 3 fully saturated rings. The van der Waals surface area contributed by atoms with E-state index in [0.717, 1.165) is 73.6 Å². The number of rotatable bonds is 5. The number of hydrogen-bond acceptors (Lipinski definition) is 6. The second kappa shape index (κ2) is 7.80. The van der Waals surface area contributed by atoms with Gasteiger partial charge in [-0.1, -0.05) is 23.2 Å². The van der Waals surface area contributed by atoms with E-state index in [1.54, 1.807) is 12.4 Å². The van der Waals surface area contributed by atoms with Crippen LogP contribution >= 0.6 is 23.2 Å². The largest absolute Gasteiger partial charge is 0.377 e. The fourth-order valence-electron chi connectivity index (χ4n) is 5.06. The lowest BCUT2D eigenvalue weighted by molar-refractivity contribution is -0.136. The Kier molecular flexibility index (Phi) is 5.11. The molecule has 2 aliphatic heterocycles. The Hall–Kier alpha value is -1.93. The number of benzene rings is 1. The molecule has 1 aliphatic carbocycles. The predicted octanol–water partition coefficient (Wildman–Crippen LogP) is 5.35. The monoisotopic (exact) mass is 486 g/mol. The van der Waals surface area contributed by atoms with Gasteiger partial charge in [-0.05, 0) is 76.2 Å². The Balaban J connectivity index is 1.23. The molecule has 0 unspecified atom stereocenters. The predicted molar refractivity (Wildman–Crippen MR) is 131 cm³/mol. The van der Waals surface area contributed by atoms with Gasteiger partial charge in [0.1, 0.15) is 0 Å². The molecule has 0 amide bonds. The fraction of sp³-hybridized carbons (Fsp3) is 0.542.